The van der Waals surface area contributed by atoms with Crippen LogP contribution in [0.15, 0.2) is 18.2 Å². The summed E-state index contributed by atoms with van der Waals surface area (Å²) < 4.78 is 10.4. The first-order chi connectivity index (χ1) is 9.55. The van der Waals surface area contributed by atoms with E-state index in [1.165, 1.54) is 0 Å². The van der Waals surface area contributed by atoms with E-state index < -0.39 is 0 Å². The van der Waals surface area contributed by atoms with Gasteiger partial charge < -0.3 is 20.1 Å². The summed E-state index contributed by atoms with van der Waals surface area (Å²) in [5, 5.41) is 0. The standard InChI is InChI=1S/C15H22N2O3/c1-10-8-17(9-12(10)16)15(18)7-11-4-5-13(19-2)14(6-11)20-3/h4-6,10,12H,7-9,16H2,1-3H3. The van der Waals surface area contributed by atoms with Gasteiger partial charge in [-0.2, -0.15) is 0 Å². The second-order valence-corrected chi connectivity index (χ2v) is 5.31. The van der Waals surface area contributed by atoms with Gasteiger partial charge in [-0.1, -0.05) is 13.0 Å². The van der Waals surface area contributed by atoms with Gasteiger partial charge in [-0.15, -0.1) is 0 Å². The van der Waals surface area contributed by atoms with Crippen molar-refractivity contribution in [2.45, 2.75) is 19.4 Å². The Labute approximate surface area is 119 Å². The van der Waals surface area contributed by atoms with E-state index in [9.17, 15) is 4.79 Å². The Morgan fingerprint density at radius 3 is 2.55 bits per heavy atom. The van der Waals surface area contributed by atoms with Crippen LogP contribution >= 0.6 is 0 Å². The molecule has 1 aromatic carbocycles. The molecule has 2 atom stereocenters. The minimum absolute atomic E-state index is 0.0874. The first kappa shape index (κ1) is 14.7. The third-order valence-corrected chi connectivity index (χ3v) is 3.83. The van der Waals surface area contributed by atoms with Crippen LogP contribution in [0.3, 0.4) is 0 Å². The lowest BCUT2D eigenvalue weighted by Crippen LogP contribution is -2.33. The van der Waals surface area contributed by atoms with Gasteiger partial charge in [0.1, 0.15) is 0 Å². The summed E-state index contributed by atoms with van der Waals surface area (Å²) >= 11 is 0. The summed E-state index contributed by atoms with van der Waals surface area (Å²) in [6, 6.07) is 5.64. The summed E-state index contributed by atoms with van der Waals surface area (Å²) in [5.74, 6) is 1.78. The number of ether oxygens (including phenoxy) is 2. The molecule has 5 nitrogen and oxygen atoms in total. The molecule has 0 aromatic heterocycles. The zero-order valence-corrected chi connectivity index (χ0v) is 12.3. The van der Waals surface area contributed by atoms with E-state index >= 15 is 0 Å². The van der Waals surface area contributed by atoms with Gasteiger partial charge in [-0.25, -0.2) is 0 Å². The second-order valence-electron chi connectivity index (χ2n) is 5.31. The number of carbonyl (C=O) groups excluding carboxylic acids is 1. The van der Waals surface area contributed by atoms with Crippen LogP contribution < -0.4 is 15.2 Å². The molecule has 110 valence electrons. The van der Waals surface area contributed by atoms with Crippen LogP contribution in [0.2, 0.25) is 0 Å². The van der Waals surface area contributed by atoms with Crippen molar-refractivity contribution in [1.82, 2.24) is 4.90 Å². The first-order valence-corrected chi connectivity index (χ1v) is 6.79. The number of methoxy groups -OCH3 is 2. The molecule has 2 rings (SSSR count). The smallest absolute Gasteiger partial charge is 0.227 e. The highest BCUT2D eigenvalue weighted by Gasteiger charge is 2.29. The van der Waals surface area contributed by atoms with Gasteiger partial charge in [-0.05, 0) is 23.6 Å². The predicted octanol–water partition coefficient (Wildman–Crippen LogP) is 1.05. The highest BCUT2D eigenvalue weighted by molar-refractivity contribution is 5.79. The van der Waals surface area contributed by atoms with Gasteiger partial charge >= 0.3 is 0 Å². The van der Waals surface area contributed by atoms with E-state index in [0.717, 1.165) is 12.1 Å². The van der Waals surface area contributed by atoms with Crippen LogP contribution in [0.1, 0.15) is 12.5 Å². The first-order valence-electron chi connectivity index (χ1n) is 6.79. The summed E-state index contributed by atoms with van der Waals surface area (Å²) in [4.78, 5) is 14.1. The van der Waals surface area contributed by atoms with Gasteiger partial charge in [-0.3, -0.25) is 4.79 Å². The molecule has 1 aromatic rings. The van der Waals surface area contributed by atoms with Crippen LogP contribution in [0, 0.1) is 5.92 Å². The molecule has 1 amide bonds. The zero-order valence-electron chi connectivity index (χ0n) is 12.3. The lowest BCUT2D eigenvalue weighted by molar-refractivity contribution is -0.129. The molecule has 0 bridgehead atoms. The number of nitrogens with zero attached hydrogens (tertiary/aromatic N) is 1. The molecule has 1 saturated heterocycles. The predicted molar refractivity (Wildman–Crippen MR) is 77.0 cm³/mol. The minimum Gasteiger partial charge on any atom is -0.493 e. The number of hydrogen-bond donors (Lipinski definition) is 1. The maximum atomic E-state index is 12.3. The molecule has 0 aliphatic carbocycles. The van der Waals surface area contributed by atoms with Crippen molar-refractivity contribution in [2.24, 2.45) is 11.7 Å². The average molecular weight is 278 g/mol. The summed E-state index contributed by atoms with van der Waals surface area (Å²) in [7, 11) is 3.18. The summed E-state index contributed by atoms with van der Waals surface area (Å²) in [6.45, 7) is 3.47. The van der Waals surface area contributed by atoms with E-state index in [0.29, 0.717) is 30.4 Å². The largest absolute Gasteiger partial charge is 0.493 e. The number of hydrogen-bond acceptors (Lipinski definition) is 4. The van der Waals surface area contributed by atoms with Crippen LogP contribution in [-0.2, 0) is 11.2 Å². The van der Waals surface area contributed by atoms with Crippen molar-refractivity contribution in [3.8, 4) is 11.5 Å². The van der Waals surface area contributed by atoms with Crippen molar-refractivity contribution in [2.75, 3.05) is 27.3 Å². The fourth-order valence-corrected chi connectivity index (χ4v) is 2.47. The highest BCUT2D eigenvalue weighted by Crippen LogP contribution is 2.28. The number of likely N-dealkylation sites (tertiary alicyclic amines) is 1. The number of rotatable bonds is 4. The maximum Gasteiger partial charge on any atom is 0.227 e. The zero-order chi connectivity index (χ0) is 14.7. The normalized spacial score (nSPS) is 21.9. The SMILES string of the molecule is COc1ccc(CC(=O)N2CC(C)C(N)C2)cc1OC. The lowest BCUT2D eigenvalue weighted by Gasteiger charge is -2.16. The van der Waals surface area contributed by atoms with Crippen LogP contribution in [0.25, 0.3) is 0 Å². The highest BCUT2D eigenvalue weighted by atomic mass is 16.5. The third kappa shape index (κ3) is 3.04. The molecule has 2 unspecified atom stereocenters. The van der Waals surface area contributed by atoms with Gasteiger partial charge in [0.2, 0.25) is 5.91 Å². The molecule has 0 spiro atoms. The molecule has 2 N–H and O–H groups in total. The molecule has 1 aliphatic rings. The van der Waals surface area contributed by atoms with Crippen molar-refractivity contribution < 1.29 is 14.3 Å². The Balaban J connectivity index is 2.05. The maximum absolute atomic E-state index is 12.3. The quantitative estimate of drug-likeness (QED) is 0.894. The van der Waals surface area contributed by atoms with E-state index in [2.05, 4.69) is 6.92 Å². The van der Waals surface area contributed by atoms with Gasteiger partial charge in [0.15, 0.2) is 11.5 Å². The fourth-order valence-electron chi connectivity index (χ4n) is 2.47. The fraction of sp³-hybridized carbons (Fsp3) is 0.533. The molecule has 1 aliphatic heterocycles. The molecular formula is C15H22N2O3. The van der Waals surface area contributed by atoms with Crippen LogP contribution in [0.5, 0.6) is 11.5 Å². The Kier molecular flexibility index (Phi) is 4.49. The van der Waals surface area contributed by atoms with Crippen LogP contribution in [0.4, 0.5) is 0 Å². The van der Waals surface area contributed by atoms with E-state index in [4.69, 9.17) is 15.2 Å². The number of carbonyl (C=O) groups is 1. The number of amides is 1. The van der Waals surface area contributed by atoms with Gasteiger partial charge in [0, 0.05) is 19.1 Å². The summed E-state index contributed by atoms with van der Waals surface area (Å²) in [5.41, 5.74) is 6.87. The molecular weight excluding hydrogens is 256 g/mol. The molecule has 5 heteroatoms. The Morgan fingerprint density at radius 1 is 1.30 bits per heavy atom. The lowest BCUT2D eigenvalue weighted by atomic mass is 10.1. The average Bonchev–Trinajstić information content (AvgIpc) is 2.78. The Hall–Kier alpha value is -1.75. The van der Waals surface area contributed by atoms with Crippen molar-refractivity contribution in [1.29, 1.82) is 0 Å². The number of nitrogens with two attached hydrogens (primary N) is 1. The van der Waals surface area contributed by atoms with Crippen molar-refractivity contribution >= 4 is 5.91 Å². The van der Waals surface area contributed by atoms with E-state index in [1.807, 2.05) is 23.1 Å². The van der Waals surface area contributed by atoms with Crippen LogP contribution in [-0.4, -0.2) is 44.2 Å². The summed E-state index contributed by atoms with van der Waals surface area (Å²) in [6.07, 6.45) is 0.361. The Morgan fingerprint density at radius 2 is 2.00 bits per heavy atom. The minimum atomic E-state index is 0.0874. The molecule has 20 heavy (non-hydrogen) atoms. The second kappa shape index (κ2) is 6.13. The topological polar surface area (TPSA) is 64.8 Å². The monoisotopic (exact) mass is 278 g/mol. The van der Waals surface area contributed by atoms with Crippen molar-refractivity contribution in [3.05, 3.63) is 23.8 Å². The van der Waals surface area contributed by atoms with Crippen molar-refractivity contribution in [3.63, 3.8) is 0 Å². The molecule has 0 radical (unpaired) electrons. The van der Waals surface area contributed by atoms with Gasteiger partial charge in [0.25, 0.3) is 0 Å². The molecule has 1 fully saturated rings. The Bertz CT molecular complexity index is 480. The number of benzene rings is 1. The molecule has 1 heterocycles. The van der Waals surface area contributed by atoms with E-state index in [-0.39, 0.29) is 11.9 Å². The van der Waals surface area contributed by atoms with E-state index in [1.54, 1.807) is 14.2 Å². The van der Waals surface area contributed by atoms with Gasteiger partial charge in [0.05, 0.1) is 20.6 Å². The molecule has 0 saturated carbocycles. The third-order valence-electron chi connectivity index (χ3n) is 3.83.